The molecule has 0 saturated heterocycles. The summed E-state index contributed by atoms with van der Waals surface area (Å²) in [6.07, 6.45) is -0.0102. The number of nitrogens with two attached hydrogens (primary N) is 1. The molecule has 1 aromatic carbocycles. The Morgan fingerprint density at radius 2 is 2.24 bits per heavy atom. The molecule has 0 aliphatic heterocycles. The highest BCUT2D eigenvalue weighted by Crippen LogP contribution is 2.17. The van der Waals surface area contributed by atoms with Gasteiger partial charge in [0.05, 0.1) is 6.61 Å². The summed E-state index contributed by atoms with van der Waals surface area (Å²) in [5.74, 6) is 4.52. The second-order valence-electron chi connectivity index (χ2n) is 3.45. The van der Waals surface area contributed by atoms with E-state index in [0.717, 1.165) is 0 Å². The molecule has 0 spiro atoms. The first-order valence-electron chi connectivity index (χ1n) is 5.24. The predicted octanol–water partition coefficient (Wildman–Crippen LogP) is 2.02. The van der Waals surface area contributed by atoms with E-state index in [1.807, 2.05) is 0 Å². The summed E-state index contributed by atoms with van der Waals surface area (Å²) in [7, 11) is 0. The molecule has 0 fully saturated rings. The maximum absolute atomic E-state index is 13.1. The van der Waals surface area contributed by atoms with Gasteiger partial charge in [0.2, 0.25) is 0 Å². The molecule has 0 radical (unpaired) electrons. The number of benzene rings is 1. The third kappa shape index (κ3) is 3.80. The van der Waals surface area contributed by atoms with Gasteiger partial charge in [-0.2, -0.15) is 0 Å². The van der Waals surface area contributed by atoms with Crippen molar-refractivity contribution >= 4 is 11.7 Å². The van der Waals surface area contributed by atoms with Gasteiger partial charge in [0, 0.05) is 11.3 Å². The fraction of sp³-hybridized carbons (Fsp3) is 0.308. The fourth-order valence-electron chi connectivity index (χ4n) is 1.25. The van der Waals surface area contributed by atoms with Crippen molar-refractivity contribution < 1.29 is 13.9 Å². The van der Waals surface area contributed by atoms with E-state index in [1.54, 1.807) is 13.8 Å². The summed E-state index contributed by atoms with van der Waals surface area (Å²) in [4.78, 5) is 11.0. The molecule has 0 unspecified atom stereocenters. The van der Waals surface area contributed by atoms with Crippen molar-refractivity contribution in [2.75, 3.05) is 12.3 Å². The molecule has 2 N–H and O–H groups in total. The Labute approximate surface area is 99.8 Å². The van der Waals surface area contributed by atoms with E-state index < -0.39 is 5.82 Å². The molecule has 0 saturated carbocycles. The second kappa shape index (κ2) is 5.90. The first-order chi connectivity index (χ1) is 8.04. The van der Waals surface area contributed by atoms with Crippen LogP contribution in [-0.4, -0.2) is 12.6 Å². The van der Waals surface area contributed by atoms with E-state index in [0.29, 0.717) is 23.4 Å². The monoisotopic (exact) mass is 235 g/mol. The fourth-order valence-corrected chi connectivity index (χ4v) is 1.25. The Hall–Kier alpha value is -2.02. The highest BCUT2D eigenvalue weighted by molar-refractivity contribution is 5.72. The summed E-state index contributed by atoms with van der Waals surface area (Å²) < 4.78 is 17.8. The maximum atomic E-state index is 13.1. The molecule has 0 amide bonds. The largest absolute Gasteiger partial charge is 0.465 e. The zero-order valence-electron chi connectivity index (χ0n) is 9.84. The third-order valence-electron chi connectivity index (χ3n) is 2.17. The topological polar surface area (TPSA) is 52.3 Å². The normalized spacial score (nSPS) is 9.35. The summed E-state index contributed by atoms with van der Waals surface area (Å²) in [6, 6.07) is 2.54. The Kier molecular flexibility index (Phi) is 4.53. The molecule has 3 nitrogen and oxygen atoms in total. The van der Waals surface area contributed by atoms with Crippen LogP contribution in [-0.2, 0) is 9.53 Å². The molecule has 4 heteroatoms. The maximum Gasteiger partial charge on any atom is 0.317 e. The minimum Gasteiger partial charge on any atom is -0.465 e. The van der Waals surface area contributed by atoms with Crippen LogP contribution < -0.4 is 5.73 Å². The van der Waals surface area contributed by atoms with E-state index >= 15 is 0 Å². The van der Waals surface area contributed by atoms with Gasteiger partial charge in [-0.1, -0.05) is 11.8 Å². The van der Waals surface area contributed by atoms with Crippen LogP contribution in [0.15, 0.2) is 12.1 Å². The molecular weight excluding hydrogens is 221 g/mol. The lowest BCUT2D eigenvalue weighted by Crippen LogP contribution is -2.01. The number of ether oxygens (including phenoxy) is 1. The van der Waals surface area contributed by atoms with E-state index in [2.05, 4.69) is 11.8 Å². The molecule has 0 aliphatic rings. The van der Waals surface area contributed by atoms with Gasteiger partial charge in [-0.3, -0.25) is 4.79 Å². The van der Waals surface area contributed by atoms with Crippen molar-refractivity contribution in [2.24, 2.45) is 0 Å². The lowest BCUT2D eigenvalue weighted by molar-refractivity contribution is -0.141. The van der Waals surface area contributed by atoms with Crippen molar-refractivity contribution in [2.45, 2.75) is 20.3 Å². The average molecular weight is 235 g/mol. The Morgan fingerprint density at radius 3 is 2.88 bits per heavy atom. The van der Waals surface area contributed by atoms with Crippen molar-refractivity contribution in [1.29, 1.82) is 0 Å². The molecule has 0 atom stereocenters. The van der Waals surface area contributed by atoms with E-state index in [4.69, 9.17) is 10.5 Å². The molecule has 0 aliphatic carbocycles. The number of carbonyl (C=O) groups is 1. The van der Waals surface area contributed by atoms with Gasteiger partial charge in [0.25, 0.3) is 0 Å². The number of anilines is 1. The van der Waals surface area contributed by atoms with Gasteiger partial charge in [0.15, 0.2) is 0 Å². The zero-order valence-corrected chi connectivity index (χ0v) is 9.84. The van der Waals surface area contributed by atoms with Gasteiger partial charge in [0.1, 0.15) is 12.2 Å². The number of nitrogen functional groups attached to an aromatic ring is 1. The van der Waals surface area contributed by atoms with Crippen LogP contribution in [0.4, 0.5) is 10.1 Å². The molecule has 1 rings (SSSR count). The minimum absolute atomic E-state index is 0.0102. The highest BCUT2D eigenvalue weighted by atomic mass is 19.1. The number of hydrogen-bond acceptors (Lipinski definition) is 3. The van der Waals surface area contributed by atoms with Crippen molar-refractivity contribution in [3.63, 3.8) is 0 Å². The molecule has 0 aromatic heterocycles. The minimum atomic E-state index is -0.437. The second-order valence-corrected chi connectivity index (χ2v) is 3.45. The standard InChI is InChI=1S/C13H14FNO2/c1-3-17-13(16)6-4-5-10-7-11(14)8-12(15)9(10)2/h7-8H,3,6,15H2,1-2H3. The number of carbonyl (C=O) groups excluding carboxylic acids is 1. The Bertz CT molecular complexity index is 486. The van der Waals surface area contributed by atoms with Crippen LogP contribution >= 0.6 is 0 Å². The van der Waals surface area contributed by atoms with Crippen LogP contribution in [0.25, 0.3) is 0 Å². The van der Waals surface area contributed by atoms with Crippen molar-refractivity contribution in [3.8, 4) is 11.8 Å². The average Bonchev–Trinajstić information content (AvgIpc) is 2.25. The number of esters is 1. The van der Waals surface area contributed by atoms with Gasteiger partial charge < -0.3 is 10.5 Å². The number of halogens is 1. The summed E-state index contributed by atoms with van der Waals surface area (Å²) in [5.41, 5.74) is 7.16. The van der Waals surface area contributed by atoms with Gasteiger partial charge >= 0.3 is 5.97 Å². The van der Waals surface area contributed by atoms with E-state index in [1.165, 1.54) is 12.1 Å². The molecule has 17 heavy (non-hydrogen) atoms. The van der Waals surface area contributed by atoms with E-state index in [-0.39, 0.29) is 12.4 Å². The molecule has 0 bridgehead atoms. The SMILES string of the molecule is CCOC(=O)CC#Cc1cc(F)cc(N)c1C. The highest BCUT2D eigenvalue weighted by Gasteiger charge is 2.03. The van der Waals surface area contributed by atoms with Crippen LogP contribution in [0.5, 0.6) is 0 Å². The van der Waals surface area contributed by atoms with Crippen LogP contribution in [0, 0.1) is 24.6 Å². The smallest absolute Gasteiger partial charge is 0.317 e. The zero-order chi connectivity index (χ0) is 12.8. The Balaban J connectivity index is 2.82. The first-order valence-corrected chi connectivity index (χ1v) is 5.24. The lowest BCUT2D eigenvalue weighted by Gasteiger charge is -2.02. The number of hydrogen-bond donors (Lipinski definition) is 1. The van der Waals surface area contributed by atoms with Crippen molar-refractivity contribution in [3.05, 3.63) is 29.1 Å². The van der Waals surface area contributed by atoms with Gasteiger partial charge in [-0.25, -0.2) is 4.39 Å². The first kappa shape index (κ1) is 13.0. The van der Waals surface area contributed by atoms with E-state index in [9.17, 15) is 9.18 Å². The molecular formula is C13H14FNO2. The van der Waals surface area contributed by atoms with Crippen LogP contribution in [0.2, 0.25) is 0 Å². The van der Waals surface area contributed by atoms with Crippen molar-refractivity contribution in [1.82, 2.24) is 0 Å². The van der Waals surface area contributed by atoms with Gasteiger partial charge in [-0.05, 0) is 31.5 Å². The van der Waals surface area contributed by atoms with Crippen LogP contribution in [0.1, 0.15) is 24.5 Å². The Morgan fingerprint density at radius 1 is 1.53 bits per heavy atom. The lowest BCUT2D eigenvalue weighted by atomic mass is 10.1. The quantitative estimate of drug-likeness (QED) is 0.484. The summed E-state index contributed by atoms with van der Waals surface area (Å²) in [5, 5.41) is 0. The summed E-state index contributed by atoms with van der Waals surface area (Å²) in [6.45, 7) is 3.80. The predicted molar refractivity (Wildman–Crippen MR) is 63.7 cm³/mol. The third-order valence-corrected chi connectivity index (χ3v) is 2.17. The molecule has 1 aromatic rings. The molecule has 90 valence electrons. The molecule has 0 heterocycles. The summed E-state index contributed by atoms with van der Waals surface area (Å²) >= 11 is 0. The van der Waals surface area contributed by atoms with Gasteiger partial charge in [-0.15, -0.1) is 0 Å². The number of rotatable bonds is 2. The van der Waals surface area contributed by atoms with Crippen LogP contribution in [0.3, 0.4) is 0 Å².